The molecule has 0 saturated carbocycles. The molecule has 0 fully saturated rings. The van der Waals surface area contributed by atoms with E-state index in [9.17, 15) is 4.79 Å². The molecule has 0 radical (unpaired) electrons. The first-order chi connectivity index (χ1) is 13.0. The van der Waals surface area contributed by atoms with Crippen LogP contribution in [0.15, 0.2) is 53.4 Å². The van der Waals surface area contributed by atoms with Gasteiger partial charge in [0.25, 0.3) is 5.91 Å². The second-order valence-electron chi connectivity index (χ2n) is 6.35. The van der Waals surface area contributed by atoms with E-state index in [4.69, 9.17) is 5.26 Å². The maximum atomic E-state index is 12.5. The second-order valence-corrected chi connectivity index (χ2v) is 7.21. The number of aromatic nitrogens is 3. The highest BCUT2D eigenvalue weighted by atomic mass is 32.2. The number of carbonyl (C=O) groups is 1. The first-order valence-electron chi connectivity index (χ1n) is 8.49. The van der Waals surface area contributed by atoms with Crippen LogP contribution >= 0.6 is 11.8 Å². The van der Waals surface area contributed by atoms with E-state index < -0.39 is 0 Å². The molecule has 0 bridgehead atoms. The molecule has 136 valence electrons. The number of carbonyl (C=O) groups excluding carboxylic acids is 1. The third kappa shape index (κ3) is 4.18. The van der Waals surface area contributed by atoms with E-state index in [1.807, 2.05) is 24.5 Å². The number of nitrogens with one attached hydrogen (secondary N) is 1. The lowest BCUT2D eigenvalue weighted by atomic mass is 10.0. The number of nitrogens with zero attached hydrogens (tertiary/aromatic N) is 4. The highest BCUT2D eigenvalue weighted by Gasteiger charge is 2.17. The van der Waals surface area contributed by atoms with E-state index in [0.717, 1.165) is 22.3 Å². The minimum Gasteiger partial charge on any atom is -0.321 e. The molecule has 1 aromatic heterocycles. The summed E-state index contributed by atoms with van der Waals surface area (Å²) in [5, 5.41) is 21.7. The Morgan fingerprint density at radius 3 is 2.41 bits per heavy atom. The van der Waals surface area contributed by atoms with Gasteiger partial charge in [0.05, 0.1) is 11.4 Å². The lowest BCUT2D eigenvalue weighted by molar-refractivity contribution is 0.102. The van der Waals surface area contributed by atoms with Gasteiger partial charge in [-0.05, 0) is 66.6 Å². The molecule has 0 saturated heterocycles. The fourth-order valence-electron chi connectivity index (χ4n) is 2.63. The average molecular weight is 377 g/mol. The summed E-state index contributed by atoms with van der Waals surface area (Å²) >= 11 is 1.07. The number of anilines is 1. The number of benzene rings is 2. The van der Waals surface area contributed by atoms with Crippen molar-refractivity contribution in [3.05, 3.63) is 65.5 Å². The summed E-state index contributed by atoms with van der Waals surface area (Å²) in [6, 6.07) is 15.1. The summed E-state index contributed by atoms with van der Waals surface area (Å²) < 4.78 is 1.66. The van der Waals surface area contributed by atoms with Gasteiger partial charge in [0.2, 0.25) is 0 Å². The molecule has 0 aliphatic carbocycles. The molecule has 27 heavy (non-hydrogen) atoms. The minimum absolute atomic E-state index is 0.276. The first kappa shape index (κ1) is 18.7. The number of rotatable bonds is 5. The molecule has 0 spiro atoms. The zero-order chi connectivity index (χ0) is 19.4. The average Bonchev–Trinajstić information content (AvgIpc) is 3.05. The van der Waals surface area contributed by atoms with Crippen LogP contribution in [0.4, 0.5) is 5.69 Å². The van der Waals surface area contributed by atoms with Gasteiger partial charge in [0.1, 0.15) is 5.40 Å². The molecular weight excluding hydrogens is 358 g/mol. The Hall–Kier alpha value is -3.11. The maximum absolute atomic E-state index is 12.5. The summed E-state index contributed by atoms with van der Waals surface area (Å²) in [5.41, 5.74) is 3.69. The fourth-order valence-corrected chi connectivity index (χ4v) is 3.01. The highest BCUT2D eigenvalue weighted by molar-refractivity contribution is 8.03. The minimum atomic E-state index is -0.321. The van der Waals surface area contributed by atoms with Crippen LogP contribution in [-0.4, -0.2) is 20.9 Å². The predicted molar refractivity (Wildman–Crippen MR) is 106 cm³/mol. The number of hydrogen-bond acceptors (Lipinski definition) is 5. The number of nitriles is 1. The van der Waals surface area contributed by atoms with E-state index in [0.29, 0.717) is 17.3 Å². The van der Waals surface area contributed by atoms with Crippen molar-refractivity contribution in [1.82, 2.24) is 15.0 Å². The number of hydrogen-bond donors (Lipinski definition) is 1. The molecule has 6 nitrogen and oxygen atoms in total. The third-order valence-electron chi connectivity index (χ3n) is 4.19. The summed E-state index contributed by atoms with van der Waals surface area (Å²) in [6.45, 7) is 6.10. The van der Waals surface area contributed by atoms with Crippen molar-refractivity contribution in [2.45, 2.75) is 31.6 Å². The van der Waals surface area contributed by atoms with Gasteiger partial charge in [-0.1, -0.05) is 31.2 Å². The van der Waals surface area contributed by atoms with Crippen molar-refractivity contribution in [2.75, 3.05) is 5.32 Å². The molecule has 0 unspecified atom stereocenters. The summed E-state index contributed by atoms with van der Waals surface area (Å²) in [4.78, 5) is 13.4. The standard InChI is InChI=1S/C20H19N5OS/c1-13(2)15-4-8-17(9-5-15)25-14(3)19(23-24-25)20(26)22-16-6-10-18(11-7-16)27-12-21/h4-11,13H,1-3H3,(H,22,26). The number of thioether (sulfide) groups is 1. The molecule has 1 amide bonds. The predicted octanol–water partition coefficient (Wildman–Crippen LogP) is 4.52. The lowest BCUT2D eigenvalue weighted by Crippen LogP contribution is -2.14. The number of thiocyanates is 1. The van der Waals surface area contributed by atoms with Gasteiger partial charge in [0, 0.05) is 10.6 Å². The maximum Gasteiger partial charge on any atom is 0.278 e. The first-order valence-corrected chi connectivity index (χ1v) is 9.31. The molecule has 0 aliphatic rings. The van der Waals surface area contributed by atoms with Crippen molar-refractivity contribution in [3.8, 4) is 11.1 Å². The Morgan fingerprint density at radius 1 is 1.15 bits per heavy atom. The van der Waals surface area contributed by atoms with Crippen LogP contribution in [0.5, 0.6) is 0 Å². The molecule has 3 aromatic rings. The van der Waals surface area contributed by atoms with E-state index in [-0.39, 0.29) is 11.6 Å². The molecule has 2 aromatic carbocycles. The van der Waals surface area contributed by atoms with Crippen molar-refractivity contribution in [1.29, 1.82) is 5.26 Å². The van der Waals surface area contributed by atoms with Gasteiger partial charge < -0.3 is 5.32 Å². The van der Waals surface area contributed by atoms with Crippen LogP contribution in [-0.2, 0) is 0 Å². The van der Waals surface area contributed by atoms with Crippen molar-refractivity contribution >= 4 is 23.4 Å². The van der Waals surface area contributed by atoms with Gasteiger partial charge >= 0.3 is 0 Å². The SMILES string of the molecule is Cc1c(C(=O)Nc2ccc(SC#N)cc2)nnn1-c1ccc(C(C)C)cc1. The Bertz CT molecular complexity index is 985. The highest BCUT2D eigenvalue weighted by Crippen LogP contribution is 2.21. The van der Waals surface area contributed by atoms with E-state index in [1.54, 1.807) is 28.9 Å². The van der Waals surface area contributed by atoms with Crippen LogP contribution in [0.2, 0.25) is 0 Å². The molecule has 0 aliphatic heterocycles. The second kappa shape index (κ2) is 8.06. The van der Waals surface area contributed by atoms with Gasteiger partial charge in [-0.25, -0.2) is 4.68 Å². The normalized spacial score (nSPS) is 10.6. The molecule has 0 atom stereocenters. The van der Waals surface area contributed by atoms with Crippen LogP contribution in [0.25, 0.3) is 5.69 Å². The monoisotopic (exact) mass is 377 g/mol. The van der Waals surface area contributed by atoms with Crippen LogP contribution in [0.3, 0.4) is 0 Å². The Morgan fingerprint density at radius 2 is 1.81 bits per heavy atom. The molecule has 7 heteroatoms. The van der Waals surface area contributed by atoms with Crippen molar-refractivity contribution in [3.63, 3.8) is 0 Å². The van der Waals surface area contributed by atoms with Gasteiger partial charge in [-0.3, -0.25) is 4.79 Å². The smallest absolute Gasteiger partial charge is 0.278 e. The van der Waals surface area contributed by atoms with E-state index in [2.05, 4.69) is 41.6 Å². The van der Waals surface area contributed by atoms with Gasteiger partial charge in [-0.2, -0.15) is 5.26 Å². The van der Waals surface area contributed by atoms with Crippen LogP contribution < -0.4 is 5.32 Å². The topological polar surface area (TPSA) is 83.6 Å². The molecular formula is C20H19N5OS. The summed E-state index contributed by atoms with van der Waals surface area (Å²) in [7, 11) is 0. The molecule has 1 heterocycles. The van der Waals surface area contributed by atoms with Gasteiger partial charge in [0.15, 0.2) is 5.69 Å². The Kier molecular flexibility index (Phi) is 5.57. The van der Waals surface area contributed by atoms with E-state index in [1.165, 1.54) is 5.56 Å². The van der Waals surface area contributed by atoms with Crippen molar-refractivity contribution < 1.29 is 4.79 Å². The Labute approximate surface area is 162 Å². The van der Waals surface area contributed by atoms with Crippen LogP contribution in [0, 0.1) is 17.6 Å². The van der Waals surface area contributed by atoms with Gasteiger partial charge in [-0.15, -0.1) is 5.10 Å². The van der Waals surface area contributed by atoms with Crippen molar-refractivity contribution in [2.24, 2.45) is 0 Å². The van der Waals surface area contributed by atoms with Crippen LogP contribution in [0.1, 0.15) is 41.5 Å². The molecule has 3 rings (SSSR count). The third-order valence-corrected chi connectivity index (χ3v) is 4.79. The fraction of sp³-hybridized carbons (Fsp3) is 0.200. The Balaban J connectivity index is 1.77. The zero-order valence-electron chi connectivity index (χ0n) is 15.3. The largest absolute Gasteiger partial charge is 0.321 e. The zero-order valence-corrected chi connectivity index (χ0v) is 16.1. The molecule has 1 N–H and O–H groups in total. The summed E-state index contributed by atoms with van der Waals surface area (Å²) in [6.07, 6.45) is 0. The quantitative estimate of drug-likeness (QED) is 0.522. The lowest BCUT2D eigenvalue weighted by Gasteiger charge is -2.08. The summed E-state index contributed by atoms with van der Waals surface area (Å²) in [5.74, 6) is 0.133. The van der Waals surface area contributed by atoms with E-state index >= 15 is 0 Å². The number of amides is 1.